The summed E-state index contributed by atoms with van der Waals surface area (Å²) in [5, 5.41) is 7.35. The zero-order valence-corrected chi connectivity index (χ0v) is 21.6. The van der Waals surface area contributed by atoms with E-state index in [-0.39, 0.29) is 36.0 Å². The van der Waals surface area contributed by atoms with Gasteiger partial charge in [0.05, 0.1) is 29.4 Å². The van der Waals surface area contributed by atoms with Gasteiger partial charge < -0.3 is 18.8 Å². The van der Waals surface area contributed by atoms with Crippen LogP contribution in [0.4, 0.5) is 10.5 Å². The molecule has 0 saturated carbocycles. The van der Waals surface area contributed by atoms with Gasteiger partial charge in [0.15, 0.2) is 0 Å². The number of carbonyl (C=O) groups is 1. The minimum atomic E-state index is -0.654. The van der Waals surface area contributed by atoms with Gasteiger partial charge in [-0.2, -0.15) is 4.68 Å². The first kappa shape index (κ1) is 26.1. The monoisotopic (exact) mass is 534 g/mol. The lowest BCUT2D eigenvalue weighted by Crippen LogP contribution is -2.42. The molecular formula is C25H28Cl2N4O5. The third kappa shape index (κ3) is 5.23. The van der Waals surface area contributed by atoms with Crippen LogP contribution in [0.5, 0.6) is 5.75 Å². The standard InChI is InChI=1S/C25H27ClN4O5.ClH/c1-29-16-8-9-17(29)11-18(10-16)30-25(32)35-23(28-30)19-12-20(26)21(13-22(19)33-2)27-24(31)34-14-15-6-4-3-5-7-15;/h3-7,12-13,16-18H,8-11,14H2,1-2H3,(H,27,31);1H. The molecule has 2 atom stereocenters. The number of benzene rings is 2. The summed E-state index contributed by atoms with van der Waals surface area (Å²) in [6.45, 7) is 0.126. The molecule has 2 aliphatic heterocycles. The van der Waals surface area contributed by atoms with Crippen LogP contribution >= 0.6 is 24.0 Å². The molecule has 2 aliphatic rings. The summed E-state index contributed by atoms with van der Waals surface area (Å²) in [4.78, 5) is 27.4. The van der Waals surface area contributed by atoms with Gasteiger partial charge in [-0.1, -0.05) is 41.9 Å². The van der Waals surface area contributed by atoms with E-state index in [0.29, 0.717) is 29.1 Å². The van der Waals surface area contributed by atoms with Crippen molar-refractivity contribution in [3.8, 4) is 17.2 Å². The number of methoxy groups -OCH3 is 1. The Balaban J connectivity index is 0.00000304. The summed E-state index contributed by atoms with van der Waals surface area (Å²) in [7, 11) is 3.63. The first-order chi connectivity index (χ1) is 16.9. The molecule has 3 aromatic rings. The number of nitrogens with one attached hydrogen (secondary N) is 1. The van der Waals surface area contributed by atoms with Crippen LogP contribution in [-0.2, 0) is 11.3 Å². The minimum Gasteiger partial charge on any atom is -0.496 e. The molecule has 1 amide bonds. The topological polar surface area (TPSA) is 98.8 Å². The number of halogens is 2. The summed E-state index contributed by atoms with van der Waals surface area (Å²) < 4.78 is 17.7. The van der Waals surface area contributed by atoms with Gasteiger partial charge >= 0.3 is 11.8 Å². The summed E-state index contributed by atoms with van der Waals surface area (Å²) in [5.41, 5.74) is 1.59. The van der Waals surface area contributed by atoms with Gasteiger partial charge in [-0.15, -0.1) is 17.5 Å². The fourth-order valence-electron chi connectivity index (χ4n) is 5.06. The third-order valence-electron chi connectivity index (χ3n) is 6.96. The van der Waals surface area contributed by atoms with E-state index in [9.17, 15) is 9.59 Å². The van der Waals surface area contributed by atoms with E-state index < -0.39 is 11.8 Å². The van der Waals surface area contributed by atoms with Gasteiger partial charge in [0, 0.05) is 18.2 Å². The fraction of sp³-hybridized carbons (Fsp3) is 0.400. The maximum absolute atomic E-state index is 12.7. The number of fused-ring (bicyclic) bond motifs is 2. The molecule has 2 fully saturated rings. The van der Waals surface area contributed by atoms with Crippen LogP contribution in [0.25, 0.3) is 11.5 Å². The van der Waals surface area contributed by atoms with E-state index >= 15 is 0 Å². The molecule has 0 radical (unpaired) electrons. The Morgan fingerprint density at radius 2 is 1.86 bits per heavy atom. The molecule has 0 aliphatic carbocycles. The largest absolute Gasteiger partial charge is 0.496 e. The summed E-state index contributed by atoms with van der Waals surface area (Å²) >= 11 is 6.44. The Hall–Kier alpha value is -3.01. The Bertz CT molecular complexity index is 1270. The molecule has 2 unspecified atom stereocenters. The molecule has 2 saturated heterocycles. The van der Waals surface area contributed by atoms with Crippen LogP contribution in [0.15, 0.2) is 51.7 Å². The molecule has 192 valence electrons. The molecule has 2 bridgehead atoms. The van der Waals surface area contributed by atoms with E-state index in [0.717, 1.165) is 31.2 Å². The lowest BCUT2D eigenvalue weighted by Gasteiger charge is -2.35. The summed E-state index contributed by atoms with van der Waals surface area (Å²) in [6, 6.07) is 13.4. The fourth-order valence-corrected chi connectivity index (χ4v) is 5.28. The van der Waals surface area contributed by atoms with Gasteiger partial charge in [-0.05, 0) is 44.4 Å². The van der Waals surface area contributed by atoms with Crippen LogP contribution in [0, 0.1) is 0 Å². The highest BCUT2D eigenvalue weighted by Gasteiger charge is 2.40. The number of aromatic nitrogens is 2. The van der Waals surface area contributed by atoms with Crippen molar-refractivity contribution in [1.82, 2.24) is 14.7 Å². The first-order valence-corrected chi connectivity index (χ1v) is 12.0. The quantitative estimate of drug-likeness (QED) is 0.467. The molecule has 1 N–H and O–H groups in total. The van der Waals surface area contributed by atoms with Gasteiger partial charge in [-0.3, -0.25) is 5.32 Å². The molecule has 9 nitrogen and oxygen atoms in total. The number of amides is 1. The van der Waals surface area contributed by atoms with E-state index in [4.69, 9.17) is 25.5 Å². The average molecular weight is 535 g/mol. The maximum atomic E-state index is 12.7. The van der Waals surface area contributed by atoms with Crippen LogP contribution in [0.3, 0.4) is 0 Å². The molecule has 0 spiro atoms. The van der Waals surface area contributed by atoms with E-state index in [1.165, 1.54) is 11.8 Å². The van der Waals surface area contributed by atoms with Gasteiger partial charge in [0.2, 0.25) is 0 Å². The van der Waals surface area contributed by atoms with Crippen LogP contribution in [0.2, 0.25) is 5.02 Å². The van der Waals surface area contributed by atoms with Crippen molar-refractivity contribution >= 4 is 35.8 Å². The highest BCUT2D eigenvalue weighted by Crippen LogP contribution is 2.40. The highest BCUT2D eigenvalue weighted by molar-refractivity contribution is 6.34. The average Bonchev–Trinajstić information content (AvgIpc) is 3.32. The van der Waals surface area contributed by atoms with E-state index in [2.05, 4.69) is 22.4 Å². The summed E-state index contributed by atoms with van der Waals surface area (Å²) in [6.07, 6.45) is 3.36. The first-order valence-electron chi connectivity index (χ1n) is 11.6. The second kappa shape index (κ2) is 10.9. The highest BCUT2D eigenvalue weighted by atomic mass is 35.5. The second-order valence-corrected chi connectivity index (χ2v) is 9.42. The molecular weight excluding hydrogens is 507 g/mol. The Labute approximate surface area is 219 Å². The molecule has 1 aromatic heterocycles. The number of anilines is 1. The smallest absolute Gasteiger partial charge is 0.437 e. The predicted molar refractivity (Wildman–Crippen MR) is 138 cm³/mol. The van der Waals surface area contributed by atoms with E-state index in [1.807, 2.05) is 30.3 Å². The number of rotatable bonds is 6. The van der Waals surface area contributed by atoms with Crippen molar-refractivity contribution in [2.45, 2.75) is 50.4 Å². The maximum Gasteiger partial charge on any atom is 0.437 e. The minimum absolute atomic E-state index is 0. The van der Waals surface area contributed by atoms with Crippen LogP contribution in [0.1, 0.15) is 37.3 Å². The van der Waals surface area contributed by atoms with Gasteiger partial charge in [0.1, 0.15) is 12.4 Å². The van der Waals surface area contributed by atoms with Crippen molar-refractivity contribution in [2.75, 3.05) is 19.5 Å². The number of carbonyl (C=O) groups excluding carboxylic acids is 1. The number of nitrogens with zero attached hydrogens (tertiary/aromatic N) is 3. The molecule has 2 aromatic carbocycles. The number of piperidine rings is 1. The number of hydrogen-bond acceptors (Lipinski definition) is 7. The SMILES string of the molecule is COc1cc(NC(=O)OCc2ccccc2)c(Cl)cc1-c1nn(C2CC3CCC(C2)N3C)c(=O)o1.Cl. The summed E-state index contributed by atoms with van der Waals surface area (Å²) in [5.74, 6) is -0.0262. The van der Waals surface area contributed by atoms with Gasteiger partial charge in [-0.25, -0.2) is 9.59 Å². The van der Waals surface area contributed by atoms with Crippen molar-refractivity contribution < 1.29 is 18.7 Å². The second-order valence-electron chi connectivity index (χ2n) is 9.01. The number of ether oxygens (including phenoxy) is 2. The normalized spacial score (nSPS) is 21.0. The van der Waals surface area contributed by atoms with E-state index in [1.54, 1.807) is 12.1 Å². The Morgan fingerprint density at radius 3 is 2.53 bits per heavy atom. The molecule has 5 rings (SSSR count). The van der Waals surface area contributed by atoms with Crippen LogP contribution < -0.4 is 15.8 Å². The van der Waals surface area contributed by atoms with Crippen molar-refractivity contribution in [1.29, 1.82) is 0 Å². The lowest BCUT2D eigenvalue weighted by molar-refractivity contribution is 0.128. The lowest BCUT2D eigenvalue weighted by atomic mass is 9.98. The molecule has 3 heterocycles. The molecule has 11 heteroatoms. The number of hydrogen-bond donors (Lipinski definition) is 1. The third-order valence-corrected chi connectivity index (χ3v) is 7.27. The zero-order chi connectivity index (χ0) is 24.5. The zero-order valence-electron chi connectivity index (χ0n) is 20.0. The molecule has 36 heavy (non-hydrogen) atoms. The van der Waals surface area contributed by atoms with Crippen molar-refractivity contribution in [3.63, 3.8) is 0 Å². The van der Waals surface area contributed by atoms with Crippen molar-refractivity contribution in [3.05, 3.63) is 63.6 Å². The Kier molecular flexibility index (Phi) is 7.92. The predicted octanol–water partition coefficient (Wildman–Crippen LogP) is 5.13. The van der Waals surface area contributed by atoms with Crippen molar-refractivity contribution in [2.24, 2.45) is 0 Å². The van der Waals surface area contributed by atoms with Crippen LogP contribution in [-0.4, -0.2) is 47.0 Å². The van der Waals surface area contributed by atoms with Gasteiger partial charge in [0.25, 0.3) is 5.89 Å². The Morgan fingerprint density at radius 1 is 1.17 bits per heavy atom.